The van der Waals surface area contributed by atoms with Gasteiger partial charge in [-0.25, -0.2) is 0 Å². The largest absolute Gasteiger partial charge is 0.451 e. The highest BCUT2D eigenvalue weighted by atomic mass is 16.5. The number of rotatable bonds is 5. The Kier molecular flexibility index (Phi) is 4.19. The van der Waals surface area contributed by atoms with E-state index in [1.54, 1.807) is 24.3 Å². The summed E-state index contributed by atoms with van der Waals surface area (Å²) in [5, 5.41) is 0. The van der Waals surface area contributed by atoms with E-state index in [0.717, 1.165) is 5.75 Å². The number of hydrogen-bond donors (Lipinski definition) is 0. The van der Waals surface area contributed by atoms with Crippen LogP contribution in [0, 0.1) is 0 Å². The van der Waals surface area contributed by atoms with Crippen LogP contribution in [0.2, 0.25) is 0 Å². The van der Waals surface area contributed by atoms with Gasteiger partial charge in [0.05, 0.1) is 17.7 Å². The molecule has 2 amide bonds. The van der Waals surface area contributed by atoms with E-state index in [2.05, 4.69) is 0 Å². The number of imide groups is 1. The number of carbonyl (C=O) groups is 2. The molecule has 0 bridgehead atoms. The molecule has 2 aromatic carbocycles. The summed E-state index contributed by atoms with van der Waals surface area (Å²) in [6.45, 7) is 0.809. The quantitative estimate of drug-likeness (QED) is 0.527. The van der Waals surface area contributed by atoms with Gasteiger partial charge in [0.15, 0.2) is 18.5 Å². The van der Waals surface area contributed by atoms with Crippen molar-refractivity contribution in [2.75, 3.05) is 6.54 Å². The van der Waals surface area contributed by atoms with E-state index in [0.29, 0.717) is 30.0 Å². The lowest BCUT2D eigenvalue weighted by molar-refractivity contribution is -0.696. The van der Waals surface area contributed by atoms with E-state index < -0.39 is 0 Å². The van der Waals surface area contributed by atoms with Gasteiger partial charge in [-0.3, -0.25) is 14.5 Å². The summed E-state index contributed by atoms with van der Waals surface area (Å²) < 4.78 is 7.72. The first-order chi connectivity index (χ1) is 12.7. The lowest BCUT2D eigenvalue weighted by Crippen LogP contribution is -2.42. The molecule has 1 aliphatic heterocycles. The lowest BCUT2D eigenvalue weighted by Gasteiger charge is -2.11. The van der Waals surface area contributed by atoms with E-state index in [1.807, 2.05) is 59.4 Å². The molecule has 1 aliphatic rings. The predicted octanol–water partition coefficient (Wildman–Crippen LogP) is 3.06. The molecular weight excluding hydrogens is 328 g/mol. The molecule has 3 aromatic rings. The Labute approximate surface area is 151 Å². The summed E-state index contributed by atoms with van der Waals surface area (Å²) >= 11 is 0. The van der Waals surface area contributed by atoms with Crippen LogP contribution in [-0.2, 0) is 6.54 Å². The number of benzene rings is 2. The summed E-state index contributed by atoms with van der Waals surface area (Å²) in [6, 6.07) is 20.2. The maximum atomic E-state index is 12.4. The molecule has 0 saturated carbocycles. The zero-order chi connectivity index (χ0) is 17.9. The number of ether oxygens (including phenoxy) is 1. The van der Waals surface area contributed by atoms with Crippen molar-refractivity contribution >= 4 is 11.8 Å². The molecular formula is C21H17N2O3+. The highest BCUT2D eigenvalue weighted by Gasteiger charge is 2.35. The molecule has 0 atom stereocenters. The van der Waals surface area contributed by atoms with Crippen LogP contribution in [0.4, 0.5) is 0 Å². The van der Waals surface area contributed by atoms with Gasteiger partial charge >= 0.3 is 0 Å². The van der Waals surface area contributed by atoms with Crippen LogP contribution in [0.15, 0.2) is 79.1 Å². The fraction of sp³-hybridized carbons (Fsp3) is 0.0952. The molecule has 5 nitrogen and oxygen atoms in total. The minimum absolute atomic E-state index is 0.233. The zero-order valence-electron chi connectivity index (χ0n) is 14.0. The molecule has 0 N–H and O–H groups in total. The molecule has 2 heterocycles. The predicted molar refractivity (Wildman–Crippen MR) is 95.0 cm³/mol. The van der Waals surface area contributed by atoms with Crippen LogP contribution in [0.25, 0.3) is 0 Å². The first-order valence-corrected chi connectivity index (χ1v) is 8.39. The van der Waals surface area contributed by atoms with Gasteiger partial charge in [0.1, 0.15) is 5.75 Å². The maximum Gasteiger partial charge on any atom is 0.261 e. The fourth-order valence-electron chi connectivity index (χ4n) is 2.98. The Morgan fingerprint density at radius 3 is 2.08 bits per heavy atom. The van der Waals surface area contributed by atoms with Crippen molar-refractivity contribution in [2.45, 2.75) is 6.54 Å². The van der Waals surface area contributed by atoms with E-state index >= 15 is 0 Å². The van der Waals surface area contributed by atoms with E-state index in [-0.39, 0.29) is 11.8 Å². The van der Waals surface area contributed by atoms with Gasteiger partial charge in [0.25, 0.3) is 11.8 Å². The Bertz CT molecular complexity index is 935. The molecule has 0 radical (unpaired) electrons. The molecule has 0 unspecified atom stereocenters. The van der Waals surface area contributed by atoms with Gasteiger partial charge in [-0.05, 0) is 30.3 Å². The third-order valence-corrected chi connectivity index (χ3v) is 4.27. The summed E-state index contributed by atoms with van der Waals surface area (Å²) in [7, 11) is 0. The van der Waals surface area contributed by atoms with Crippen LogP contribution >= 0.6 is 0 Å². The average molecular weight is 345 g/mol. The normalized spacial score (nSPS) is 13.0. The molecule has 5 heteroatoms. The molecule has 128 valence electrons. The van der Waals surface area contributed by atoms with Crippen LogP contribution in [0.5, 0.6) is 11.5 Å². The SMILES string of the molecule is O=C1c2ccccc2C(=O)N1CC[n+]1cccc(Oc2ccccc2)c1. The van der Waals surface area contributed by atoms with Gasteiger partial charge in [-0.1, -0.05) is 30.3 Å². The number of nitrogens with zero attached hydrogens (tertiary/aromatic N) is 2. The van der Waals surface area contributed by atoms with Crippen molar-refractivity contribution in [2.24, 2.45) is 0 Å². The Hall–Kier alpha value is -3.47. The van der Waals surface area contributed by atoms with E-state index in [1.165, 1.54) is 4.90 Å². The first-order valence-electron chi connectivity index (χ1n) is 8.39. The van der Waals surface area contributed by atoms with Crippen molar-refractivity contribution in [3.8, 4) is 11.5 Å². The van der Waals surface area contributed by atoms with E-state index in [9.17, 15) is 9.59 Å². The van der Waals surface area contributed by atoms with Crippen molar-refractivity contribution in [1.29, 1.82) is 0 Å². The average Bonchev–Trinajstić information content (AvgIpc) is 2.92. The number of para-hydroxylation sites is 1. The summed E-state index contributed by atoms with van der Waals surface area (Å²) in [4.78, 5) is 26.1. The number of pyridine rings is 1. The molecule has 4 rings (SSSR count). The molecule has 0 saturated heterocycles. The number of carbonyl (C=O) groups excluding carboxylic acids is 2. The van der Waals surface area contributed by atoms with Crippen molar-refractivity contribution in [3.05, 3.63) is 90.3 Å². The lowest BCUT2D eigenvalue weighted by atomic mass is 10.1. The smallest absolute Gasteiger partial charge is 0.261 e. The van der Waals surface area contributed by atoms with Gasteiger partial charge in [0.2, 0.25) is 6.20 Å². The second-order valence-electron chi connectivity index (χ2n) is 6.00. The monoisotopic (exact) mass is 345 g/mol. The van der Waals surface area contributed by atoms with Crippen LogP contribution in [-0.4, -0.2) is 23.3 Å². The maximum absolute atomic E-state index is 12.4. The molecule has 0 spiro atoms. The van der Waals surface area contributed by atoms with Gasteiger partial charge in [0, 0.05) is 6.07 Å². The zero-order valence-corrected chi connectivity index (χ0v) is 14.0. The third kappa shape index (κ3) is 3.07. The second kappa shape index (κ2) is 6.80. The van der Waals surface area contributed by atoms with Crippen molar-refractivity contribution < 1.29 is 18.9 Å². The molecule has 0 fully saturated rings. The molecule has 26 heavy (non-hydrogen) atoms. The highest BCUT2D eigenvalue weighted by molar-refractivity contribution is 6.21. The fourth-order valence-corrected chi connectivity index (χ4v) is 2.98. The van der Waals surface area contributed by atoms with E-state index in [4.69, 9.17) is 4.74 Å². The van der Waals surface area contributed by atoms with Gasteiger partial charge < -0.3 is 4.74 Å². The first kappa shape index (κ1) is 16.0. The van der Waals surface area contributed by atoms with Crippen LogP contribution < -0.4 is 9.30 Å². The number of aromatic nitrogens is 1. The van der Waals surface area contributed by atoms with Crippen LogP contribution in [0.3, 0.4) is 0 Å². The molecule has 0 aliphatic carbocycles. The van der Waals surface area contributed by atoms with Crippen LogP contribution in [0.1, 0.15) is 20.7 Å². The summed E-state index contributed by atoms with van der Waals surface area (Å²) in [6.07, 6.45) is 3.74. The van der Waals surface area contributed by atoms with Crippen molar-refractivity contribution in [1.82, 2.24) is 4.90 Å². The minimum Gasteiger partial charge on any atom is -0.451 e. The number of amides is 2. The van der Waals surface area contributed by atoms with Crippen molar-refractivity contribution in [3.63, 3.8) is 0 Å². The van der Waals surface area contributed by atoms with Gasteiger partial charge in [-0.2, -0.15) is 4.57 Å². The van der Waals surface area contributed by atoms with Gasteiger partial charge in [-0.15, -0.1) is 0 Å². The topological polar surface area (TPSA) is 50.5 Å². The Morgan fingerprint density at radius 1 is 0.769 bits per heavy atom. The Morgan fingerprint density at radius 2 is 1.38 bits per heavy atom. The third-order valence-electron chi connectivity index (χ3n) is 4.27. The number of fused-ring (bicyclic) bond motifs is 1. The standard InChI is InChI=1S/C21H17N2O3/c24-20-18-10-4-5-11-19(18)21(25)23(20)14-13-22-12-6-9-17(15-22)26-16-7-2-1-3-8-16/h1-12,15H,13-14H2/q+1. The highest BCUT2D eigenvalue weighted by Crippen LogP contribution is 2.22. The minimum atomic E-state index is -0.233. The summed E-state index contributed by atoms with van der Waals surface area (Å²) in [5.74, 6) is 0.984. The number of hydrogen-bond acceptors (Lipinski definition) is 3. The summed E-state index contributed by atoms with van der Waals surface area (Å²) in [5.41, 5.74) is 0.951. The molecule has 1 aromatic heterocycles. The Balaban J connectivity index is 1.45. The second-order valence-corrected chi connectivity index (χ2v) is 6.00.